The molecule has 0 aliphatic rings. The standard InChI is InChI=1S/C19H23N5O/c1-20-19(22-10-9-17-8-5-13-25-17)23-14-18-21-11-12-24(18)15-16-6-3-2-4-7-16/h2-8,11-13H,9-10,14-15H2,1H3,(H2,20,22,23). The summed E-state index contributed by atoms with van der Waals surface area (Å²) in [6.07, 6.45) is 6.33. The van der Waals surface area contributed by atoms with Crippen molar-refractivity contribution in [2.75, 3.05) is 13.6 Å². The molecule has 0 saturated carbocycles. The van der Waals surface area contributed by atoms with Crippen LogP contribution >= 0.6 is 0 Å². The summed E-state index contributed by atoms with van der Waals surface area (Å²) in [7, 11) is 1.76. The van der Waals surface area contributed by atoms with Crippen molar-refractivity contribution in [2.45, 2.75) is 19.5 Å². The van der Waals surface area contributed by atoms with Crippen LogP contribution in [0.4, 0.5) is 0 Å². The first-order valence-corrected chi connectivity index (χ1v) is 8.36. The quantitative estimate of drug-likeness (QED) is 0.513. The number of hydrogen-bond donors (Lipinski definition) is 2. The largest absolute Gasteiger partial charge is 0.469 e. The zero-order valence-electron chi connectivity index (χ0n) is 14.4. The van der Waals surface area contributed by atoms with E-state index in [1.54, 1.807) is 13.3 Å². The Morgan fingerprint density at radius 1 is 1.16 bits per heavy atom. The third-order valence-corrected chi connectivity index (χ3v) is 3.88. The minimum Gasteiger partial charge on any atom is -0.469 e. The van der Waals surface area contributed by atoms with Gasteiger partial charge in [0.25, 0.3) is 0 Å². The van der Waals surface area contributed by atoms with E-state index in [0.29, 0.717) is 6.54 Å². The summed E-state index contributed by atoms with van der Waals surface area (Å²) in [4.78, 5) is 8.69. The molecule has 0 amide bonds. The van der Waals surface area contributed by atoms with Crippen molar-refractivity contribution in [3.63, 3.8) is 0 Å². The highest BCUT2D eigenvalue weighted by Crippen LogP contribution is 2.05. The van der Waals surface area contributed by atoms with E-state index in [4.69, 9.17) is 4.42 Å². The van der Waals surface area contributed by atoms with Crippen molar-refractivity contribution >= 4 is 5.96 Å². The van der Waals surface area contributed by atoms with E-state index in [-0.39, 0.29) is 0 Å². The maximum absolute atomic E-state index is 5.33. The molecule has 0 fully saturated rings. The van der Waals surface area contributed by atoms with E-state index >= 15 is 0 Å². The van der Waals surface area contributed by atoms with Gasteiger partial charge in [0, 0.05) is 39.0 Å². The van der Waals surface area contributed by atoms with Gasteiger partial charge in [0.2, 0.25) is 0 Å². The molecule has 2 heterocycles. The predicted molar refractivity (Wildman–Crippen MR) is 98.4 cm³/mol. The van der Waals surface area contributed by atoms with E-state index < -0.39 is 0 Å². The first-order chi connectivity index (χ1) is 12.3. The molecule has 0 radical (unpaired) electrons. The Kier molecular flexibility index (Phi) is 5.87. The molecule has 25 heavy (non-hydrogen) atoms. The van der Waals surface area contributed by atoms with Crippen LogP contribution in [0.1, 0.15) is 17.1 Å². The molecule has 0 aliphatic heterocycles. The van der Waals surface area contributed by atoms with E-state index in [1.165, 1.54) is 5.56 Å². The van der Waals surface area contributed by atoms with Crippen LogP contribution in [-0.4, -0.2) is 29.1 Å². The molecular formula is C19H23N5O. The number of hydrogen-bond acceptors (Lipinski definition) is 3. The van der Waals surface area contributed by atoms with Crippen LogP contribution in [0.3, 0.4) is 0 Å². The number of aromatic nitrogens is 2. The van der Waals surface area contributed by atoms with Crippen molar-refractivity contribution in [3.05, 3.63) is 78.3 Å². The number of rotatable bonds is 7. The second-order valence-electron chi connectivity index (χ2n) is 5.64. The Morgan fingerprint density at radius 2 is 2.04 bits per heavy atom. The molecule has 0 bridgehead atoms. The normalized spacial score (nSPS) is 11.5. The number of nitrogens with zero attached hydrogens (tertiary/aromatic N) is 3. The minimum absolute atomic E-state index is 0.611. The van der Waals surface area contributed by atoms with Gasteiger partial charge in [-0.1, -0.05) is 30.3 Å². The Labute approximate surface area is 147 Å². The zero-order chi connectivity index (χ0) is 17.3. The van der Waals surface area contributed by atoms with Crippen molar-refractivity contribution in [1.29, 1.82) is 0 Å². The Morgan fingerprint density at radius 3 is 2.80 bits per heavy atom. The van der Waals surface area contributed by atoms with E-state index in [9.17, 15) is 0 Å². The second-order valence-corrected chi connectivity index (χ2v) is 5.64. The van der Waals surface area contributed by atoms with Gasteiger partial charge in [0.05, 0.1) is 12.8 Å². The SMILES string of the molecule is CN=C(NCCc1ccco1)NCc1nccn1Cc1ccccc1. The average molecular weight is 337 g/mol. The smallest absolute Gasteiger partial charge is 0.191 e. The molecule has 2 N–H and O–H groups in total. The topological polar surface area (TPSA) is 67.4 Å². The van der Waals surface area contributed by atoms with Gasteiger partial charge < -0.3 is 19.6 Å². The summed E-state index contributed by atoms with van der Waals surface area (Å²) in [5.41, 5.74) is 1.25. The molecule has 0 spiro atoms. The van der Waals surface area contributed by atoms with Crippen LogP contribution in [0.15, 0.2) is 70.5 Å². The maximum Gasteiger partial charge on any atom is 0.191 e. The summed E-state index contributed by atoms with van der Waals surface area (Å²) in [6.45, 7) is 2.17. The van der Waals surface area contributed by atoms with Gasteiger partial charge in [0.15, 0.2) is 5.96 Å². The third kappa shape index (κ3) is 4.97. The summed E-state index contributed by atoms with van der Waals surface area (Å²) in [5, 5.41) is 6.58. The van der Waals surface area contributed by atoms with E-state index in [0.717, 1.165) is 37.1 Å². The molecule has 130 valence electrons. The van der Waals surface area contributed by atoms with Crippen LogP contribution < -0.4 is 10.6 Å². The van der Waals surface area contributed by atoms with Crippen molar-refractivity contribution in [2.24, 2.45) is 4.99 Å². The molecule has 3 rings (SSSR count). The number of furan rings is 1. The molecule has 6 nitrogen and oxygen atoms in total. The van der Waals surface area contributed by atoms with Crippen molar-refractivity contribution in [3.8, 4) is 0 Å². The number of benzene rings is 1. The van der Waals surface area contributed by atoms with Gasteiger partial charge in [-0.3, -0.25) is 4.99 Å². The lowest BCUT2D eigenvalue weighted by Gasteiger charge is -2.12. The fourth-order valence-corrected chi connectivity index (χ4v) is 2.57. The van der Waals surface area contributed by atoms with Crippen LogP contribution in [0.5, 0.6) is 0 Å². The lowest BCUT2D eigenvalue weighted by atomic mass is 10.2. The Balaban J connectivity index is 1.49. The van der Waals surface area contributed by atoms with Crippen LogP contribution in [-0.2, 0) is 19.5 Å². The number of nitrogens with one attached hydrogen (secondary N) is 2. The summed E-state index contributed by atoms with van der Waals surface area (Å²) in [5.74, 6) is 2.68. The molecule has 3 aromatic rings. The molecule has 1 aromatic carbocycles. The first kappa shape index (κ1) is 16.8. The molecule has 6 heteroatoms. The molecule has 0 unspecified atom stereocenters. The average Bonchev–Trinajstić information content (AvgIpc) is 3.31. The lowest BCUT2D eigenvalue weighted by Crippen LogP contribution is -2.38. The monoisotopic (exact) mass is 337 g/mol. The van der Waals surface area contributed by atoms with Gasteiger partial charge in [0.1, 0.15) is 11.6 Å². The van der Waals surface area contributed by atoms with Crippen LogP contribution in [0, 0.1) is 0 Å². The Hall–Kier alpha value is -3.02. The molecular weight excluding hydrogens is 314 g/mol. The molecule has 0 aliphatic carbocycles. The zero-order valence-corrected chi connectivity index (χ0v) is 14.4. The van der Waals surface area contributed by atoms with Gasteiger partial charge in [-0.05, 0) is 17.7 Å². The molecule has 2 aromatic heterocycles. The van der Waals surface area contributed by atoms with Crippen molar-refractivity contribution in [1.82, 2.24) is 20.2 Å². The minimum atomic E-state index is 0.611. The first-order valence-electron chi connectivity index (χ1n) is 8.36. The number of imidazole rings is 1. The fourth-order valence-electron chi connectivity index (χ4n) is 2.57. The second kappa shape index (κ2) is 8.73. The lowest BCUT2D eigenvalue weighted by molar-refractivity contribution is 0.506. The molecule has 0 atom stereocenters. The maximum atomic E-state index is 5.33. The van der Waals surface area contributed by atoms with Crippen LogP contribution in [0.2, 0.25) is 0 Å². The highest BCUT2D eigenvalue weighted by atomic mass is 16.3. The van der Waals surface area contributed by atoms with Gasteiger partial charge in [-0.25, -0.2) is 4.98 Å². The van der Waals surface area contributed by atoms with E-state index in [1.807, 2.05) is 30.6 Å². The van der Waals surface area contributed by atoms with Crippen LogP contribution in [0.25, 0.3) is 0 Å². The van der Waals surface area contributed by atoms with E-state index in [2.05, 4.69) is 49.4 Å². The Bertz CT molecular complexity index is 777. The van der Waals surface area contributed by atoms with Crippen molar-refractivity contribution < 1.29 is 4.42 Å². The highest BCUT2D eigenvalue weighted by molar-refractivity contribution is 5.79. The predicted octanol–water partition coefficient (Wildman–Crippen LogP) is 2.43. The third-order valence-electron chi connectivity index (χ3n) is 3.88. The summed E-state index contributed by atoms with van der Waals surface area (Å²) >= 11 is 0. The number of guanidine groups is 1. The summed E-state index contributed by atoms with van der Waals surface area (Å²) in [6, 6.07) is 14.2. The number of aliphatic imine (C=N–C) groups is 1. The molecule has 0 saturated heterocycles. The fraction of sp³-hybridized carbons (Fsp3) is 0.263. The highest BCUT2D eigenvalue weighted by Gasteiger charge is 2.05. The summed E-state index contributed by atoms with van der Waals surface area (Å²) < 4.78 is 7.46. The van der Waals surface area contributed by atoms with Gasteiger partial charge in [-0.15, -0.1) is 0 Å². The van der Waals surface area contributed by atoms with Gasteiger partial charge in [-0.2, -0.15) is 0 Å². The van der Waals surface area contributed by atoms with Gasteiger partial charge >= 0.3 is 0 Å².